The van der Waals surface area contributed by atoms with E-state index >= 15 is 0 Å². The van der Waals surface area contributed by atoms with Gasteiger partial charge in [0.1, 0.15) is 0 Å². The van der Waals surface area contributed by atoms with Crippen LogP contribution in [0.3, 0.4) is 0 Å². The largest absolute Gasteiger partial charge is 0.309 e. The highest BCUT2D eigenvalue weighted by molar-refractivity contribution is 7.14. The van der Waals surface area contributed by atoms with Crippen molar-refractivity contribution in [3.63, 3.8) is 0 Å². The van der Waals surface area contributed by atoms with Gasteiger partial charge in [-0.05, 0) is 41.7 Å². The van der Waals surface area contributed by atoms with Gasteiger partial charge in [0.15, 0.2) is 0 Å². The third kappa shape index (κ3) is 2.85. The van der Waals surface area contributed by atoms with Gasteiger partial charge in [-0.25, -0.2) is 0 Å². The lowest BCUT2D eigenvalue weighted by atomic mass is 10.2. The van der Waals surface area contributed by atoms with Crippen LogP contribution in [0.4, 0.5) is 0 Å². The first-order chi connectivity index (χ1) is 8.86. The number of hydrogen-bond acceptors (Lipinski definition) is 3. The van der Waals surface area contributed by atoms with Crippen molar-refractivity contribution < 1.29 is 0 Å². The molecule has 1 aliphatic carbocycles. The third-order valence-corrected chi connectivity index (χ3v) is 5.44. The highest BCUT2D eigenvalue weighted by Gasteiger charge is 2.35. The van der Waals surface area contributed by atoms with Gasteiger partial charge in [0.25, 0.3) is 0 Å². The molecule has 1 nitrogen and oxygen atoms in total. The minimum Gasteiger partial charge on any atom is -0.309 e. The molecule has 0 bridgehead atoms. The van der Waals surface area contributed by atoms with Crippen molar-refractivity contribution in [3.05, 3.63) is 33.8 Å². The van der Waals surface area contributed by atoms with Crippen LogP contribution in [0.25, 0.3) is 10.4 Å². The van der Waals surface area contributed by atoms with Gasteiger partial charge >= 0.3 is 0 Å². The minimum atomic E-state index is 0.789. The van der Waals surface area contributed by atoms with E-state index < -0.39 is 0 Å². The average molecular weight is 277 g/mol. The summed E-state index contributed by atoms with van der Waals surface area (Å²) in [7, 11) is 0. The number of rotatable bonds is 6. The Balaban J connectivity index is 1.52. The zero-order valence-electron chi connectivity index (χ0n) is 10.7. The molecule has 0 aromatic carbocycles. The predicted octanol–water partition coefficient (Wildman–Crippen LogP) is 4.75. The molecule has 2 unspecified atom stereocenters. The van der Waals surface area contributed by atoms with Crippen molar-refractivity contribution in [1.82, 2.24) is 5.32 Å². The van der Waals surface area contributed by atoms with Gasteiger partial charge in [-0.1, -0.05) is 19.4 Å². The molecule has 0 saturated heterocycles. The molecule has 2 aromatic heterocycles. The van der Waals surface area contributed by atoms with Crippen LogP contribution in [-0.4, -0.2) is 6.04 Å². The van der Waals surface area contributed by atoms with Crippen LogP contribution in [0, 0.1) is 5.92 Å². The van der Waals surface area contributed by atoms with Crippen LogP contribution in [0.1, 0.15) is 31.1 Å². The first-order valence-corrected chi connectivity index (χ1v) is 8.47. The van der Waals surface area contributed by atoms with Gasteiger partial charge < -0.3 is 5.32 Å². The third-order valence-electron chi connectivity index (χ3n) is 3.58. The molecular weight excluding hydrogens is 258 g/mol. The van der Waals surface area contributed by atoms with Crippen molar-refractivity contribution in [2.24, 2.45) is 5.92 Å². The van der Waals surface area contributed by atoms with Crippen molar-refractivity contribution in [3.8, 4) is 10.4 Å². The van der Waals surface area contributed by atoms with E-state index in [1.807, 2.05) is 22.7 Å². The zero-order valence-corrected chi connectivity index (χ0v) is 12.3. The Hall–Kier alpha value is -0.640. The second-order valence-corrected chi connectivity index (χ2v) is 6.99. The number of thiophene rings is 2. The fourth-order valence-corrected chi connectivity index (χ4v) is 4.09. The quantitative estimate of drug-likeness (QED) is 0.803. The maximum absolute atomic E-state index is 3.68. The van der Waals surface area contributed by atoms with E-state index in [-0.39, 0.29) is 0 Å². The Morgan fingerprint density at radius 2 is 2.33 bits per heavy atom. The normalized spacial score (nSPS) is 22.3. The zero-order chi connectivity index (χ0) is 12.4. The minimum absolute atomic E-state index is 0.789. The molecule has 0 aliphatic heterocycles. The van der Waals surface area contributed by atoms with E-state index in [1.54, 1.807) is 0 Å². The van der Waals surface area contributed by atoms with Crippen molar-refractivity contribution >= 4 is 22.7 Å². The SMILES string of the molecule is CCCC1CC1NCc1cc(-c2cccs2)cs1. The summed E-state index contributed by atoms with van der Waals surface area (Å²) in [5, 5.41) is 8.10. The van der Waals surface area contributed by atoms with Crippen LogP contribution in [0.2, 0.25) is 0 Å². The summed E-state index contributed by atoms with van der Waals surface area (Å²) >= 11 is 3.70. The molecule has 1 saturated carbocycles. The molecule has 2 aromatic rings. The maximum atomic E-state index is 3.68. The van der Waals surface area contributed by atoms with E-state index in [4.69, 9.17) is 0 Å². The Kier molecular flexibility index (Phi) is 3.83. The summed E-state index contributed by atoms with van der Waals surface area (Å²) in [6.45, 7) is 3.32. The van der Waals surface area contributed by atoms with Crippen LogP contribution in [0.5, 0.6) is 0 Å². The average Bonchev–Trinajstić information content (AvgIpc) is 2.86. The topological polar surface area (TPSA) is 12.0 Å². The van der Waals surface area contributed by atoms with Crippen LogP contribution in [0.15, 0.2) is 29.0 Å². The fourth-order valence-electron chi connectivity index (χ4n) is 2.46. The Morgan fingerprint density at radius 1 is 1.39 bits per heavy atom. The van der Waals surface area contributed by atoms with Gasteiger partial charge in [-0.3, -0.25) is 0 Å². The molecule has 1 fully saturated rings. The van der Waals surface area contributed by atoms with E-state index in [9.17, 15) is 0 Å². The molecular formula is C15H19NS2. The summed E-state index contributed by atoms with van der Waals surface area (Å²) in [4.78, 5) is 2.84. The lowest BCUT2D eigenvalue weighted by Gasteiger charge is -2.01. The van der Waals surface area contributed by atoms with E-state index in [1.165, 1.54) is 34.6 Å². The molecule has 3 rings (SSSR count). The number of hydrogen-bond donors (Lipinski definition) is 1. The first kappa shape index (κ1) is 12.4. The van der Waals surface area contributed by atoms with Gasteiger partial charge in [-0.2, -0.15) is 0 Å². The monoisotopic (exact) mass is 277 g/mol. The molecule has 0 radical (unpaired) electrons. The molecule has 96 valence electrons. The first-order valence-electron chi connectivity index (χ1n) is 6.71. The summed E-state index contributed by atoms with van der Waals surface area (Å²) in [6, 6.07) is 7.44. The molecule has 18 heavy (non-hydrogen) atoms. The summed E-state index contributed by atoms with van der Waals surface area (Å²) < 4.78 is 0. The molecule has 2 atom stereocenters. The molecule has 2 heterocycles. The van der Waals surface area contributed by atoms with Crippen molar-refractivity contribution in [2.45, 2.75) is 38.8 Å². The van der Waals surface area contributed by atoms with Gasteiger partial charge in [0, 0.05) is 27.9 Å². The lowest BCUT2D eigenvalue weighted by molar-refractivity contribution is 0.602. The second kappa shape index (κ2) is 5.55. The summed E-state index contributed by atoms with van der Waals surface area (Å²) in [5.74, 6) is 0.951. The Bertz CT molecular complexity index is 486. The molecule has 0 amide bonds. The number of nitrogens with one attached hydrogen (secondary N) is 1. The van der Waals surface area contributed by atoms with Crippen LogP contribution >= 0.6 is 22.7 Å². The van der Waals surface area contributed by atoms with Crippen molar-refractivity contribution in [2.75, 3.05) is 0 Å². The molecule has 1 aliphatic rings. The van der Waals surface area contributed by atoms with E-state index in [0.29, 0.717) is 0 Å². The smallest absolute Gasteiger partial charge is 0.0351 e. The lowest BCUT2D eigenvalue weighted by Crippen LogP contribution is -2.16. The van der Waals surface area contributed by atoms with E-state index in [2.05, 4.69) is 41.2 Å². The van der Waals surface area contributed by atoms with Crippen LogP contribution < -0.4 is 5.32 Å². The second-order valence-electron chi connectivity index (χ2n) is 5.05. The Labute approximate surface area is 117 Å². The van der Waals surface area contributed by atoms with Gasteiger partial charge in [-0.15, -0.1) is 22.7 Å². The molecule has 3 heteroatoms. The predicted molar refractivity (Wildman–Crippen MR) is 81.3 cm³/mol. The maximum Gasteiger partial charge on any atom is 0.0351 e. The fraction of sp³-hybridized carbons (Fsp3) is 0.467. The highest BCUT2D eigenvalue weighted by atomic mass is 32.1. The van der Waals surface area contributed by atoms with Gasteiger partial charge in [0.2, 0.25) is 0 Å². The van der Waals surface area contributed by atoms with Crippen molar-refractivity contribution in [1.29, 1.82) is 0 Å². The molecule has 0 spiro atoms. The van der Waals surface area contributed by atoms with E-state index in [0.717, 1.165) is 18.5 Å². The van der Waals surface area contributed by atoms with Crippen LogP contribution in [-0.2, 0) is 6.54 Å². The standard InChI is InChI=1S/C15H19NS2/c1-2-4-11-8-14(11)16-9-13-7-12(10-18-13)15-5-3-6-17-15/h3,5-7,10-11,14,16H,2,4,8-9H2,1H3. The Morgan fingerprint density at radius 3 is 3.11 bits per heavy atom. The summed E-state index contributed by atoms with van der Waals surface area (Å²) in [5.41, 5.74) is 1.38. The molecule has 1 N–H and O–H groups in total. The van der Waals surface area contributed by atoms with Gasteiger partial charge in [0.05, 0.1) is 0 Å². The highest BCUT2D eigenvalue weighted by Crippen LogP contribution is 2.35. The summed E-state index contributed by atoms with van der Waals surface area (Å²) in [6.07, 6.45) is 4.10.